The summed E-state index contributed by atoms with van der Waals surface area (Å²) in [6.07, 6.45) is 3.80. The number of nitrogens with one attached hydrogen (secondary N) is 9. The first-order chi connectivity index (χ1) is 38.1. The summed E-state index contributed by atoms with van der Waals surface area (Å²) in [5.74, 6) is -11.3. The number of aliphatic imine (C=N–C) groups is 1. The van der Waals surface area contributed by atoms with E-state index in [4.69, 9.17) is 45.9 Å². The Balaban J connectivity index is 6.44. The van der Waals surface area contributed by atoms with Gasteiger partial charge in [0.25, 0.3) is 0 Å². The van der Waals surface area contributed by atoms with Crippen molar-refractivity contribution in [2.24, 2.45) is 56.8 Å². The van der Waals surface area contributed by atoms with Gasteiger partial charge < -0.3 is 98.8 Å². The molecule has 0 spiro atoms. The molecule has 10 atom stereocenters. The lowest BCUT2D eigenvalue weighted by Crippen LogP contribution is -2.61. The number of rotatable bonds is 44. The van der Waals surface area contributed by atoms with E-state index in [1.54, 1.807) is 20.1 Å². The number of aliphatic carboxylic acids is 1. The summed E-state index contributed by atoms with van der Waals surface area (Å²) in [4.78, 5) is 162. The molecule has 0 radical (unpaired) electrons. The summed E-state index contributed by atoms with van der Waals surface area (Å²) in [6.45, 7) is 6.74. The van der Waals surface area contributed by atoms with Crippen LogP contribution in [0.4, 0.5) is 0 Å². The van der Waals surface area contributed by atoms with E-state index in [0.29, 0.717) is 50.8 Å². The summed E-state index contributed by atoms with van der Waals surface area (Å²) in [5.41, 5.74) is 44.5. The van der Waals surface area contributed by atoms with E-state index in [-0.39, 0.29) is 77.0 Å². The van der Waals surface area contributed by atoms with Crippen molar-refractivity contribution in [1.82, 2.24) is 47.9 Å². The zero-order chi connectivity index (χ0) is 61.8. The maximum Gasteiger partial charge on any atom is 0.326 e. The lowest BCUT2D eigenvalue weighted by atomic mass is 10.0. The molecule has 0 saturated carbocycles. The van der Waals surface area contributed by atoms with Crippen LogP contribution in [0.2, 0.25) is 0 Å². The summed E-state index contributed by atoms with van der Waals surface area (Å²) in [6, 6.07) is -13.3. The normalized spacial score (nSPS) is 14.7. The zero-order valence-corrected chi connectivity index (χ0v) is 48.1. The number of carboxylic acids is 1. The van der Waals surface area contributed by atoms with E-state index in [0.717, 1.165) is 0 Å². The molecule has 0 bridgehead atoms. The van der Waals surface area contributed by atoms with Gasteiger partial charge in [0.2, 0.25) is 65.0 Å². The number of carboxylic acid groups (broad SMARTS) is 1. The zero-order valence-electron chi connectivity index (χ0n) is 47.3. The first-order valence-electron chi connectivity index (χ1n) is 27.1. The Hall–Kier alpha value is -6.90. The minimum atomic E-state index is -1.70. The van der Waals surface area contributed by atoms with Gasteiger partial charge in [-0.15, -0.1) is 0 Å². The predicted molar refractivity (Wildman–Crippen MR) is 303 cm³/mol. The van der Waals surface area contributed by atoms with Crippen LogP contribution < -0.4 is 93.7 Å². The molecule has 0 unspecified atom stereocenters. The number of hydrogen-bond donors (Lipinski definition) is 18. The number of nitrogens with two attached hydrogens (primary N) is 8. The van der Waals surface area contributed by atoms with Gasteiger partial charge in [-0.05, 0) is 128 Å². The Morgan fingerprint density at radius 1 is 0.444 bits per heavy atom. The van der Waals surface area contributed by atoms with Crippen LogP contribution in [0.3, 0.4) is 0 Å². The third-order valence-electron chi connectivity index (χ3n) is 12.4. The van der Waals surface area contributed by atoms with Gasteiger partial charge in [-0.25, -0.2) is 4.79 Å². The minimum absolute atomic E-state index is 0.0483. The van der Waals surface area contributed by atoms with E-state index in [1.807, 2.05) is 0 Å². The van der Waals surface area contributed by atoms with Gasteiger partial charge in [-0.3, -0.25) is 57.7 Å². The molecule has 0 aromatic heterocycles. The lowest BCUT2D eigenvalue weighted by Gasteiger charge is -2.28. The Bertz CT molecular complexity index is 2100. The number of carbonyl (C=O) groups excluding carboxylic acids is 11. The fourth-order valence-electron chi connectivity index (χ4n) is 7.62. The first-order valence-corrected chi connectivity index (χ1v) is 28.5. The van der Waals surface area contributed by atoms with Crippen LogP contribution in [0.15, 0.2) is 4.99 Å². The van der Waals surface area contributed by atoms with Gasteiger partial charge in [0.15, 0.2) is 5.96 Å². The largest absolute Gasteiger partial charge is 0.480 e. The topological polar surface area (TPSA) is 554 Å². The van der Waals surface area contributed by atoms with Crippen molar-refractivity contribution < 1.29 is 62.6 Å². The van der Waals surface area contributed by atoms with Crippen LogP contribution in [-0.4, -0.2) is 181 Å². The molecule has 32 heteroatoms. The molecule has 81 heavy (non-hydrogen) atoms. The fraction of sp³-hybridized carbons (Fsp3) is 0.735. The second-order valence-electron chi connectivity index (χ2n) is 19.8. The molecule has 0 aliphatic heterocycles. The Kier molecular flexibility index (Phi) is 37.6. The number of guanidine groups is 1. The SMILES string of the molecule is CSCC[C@H](NC(=O)[C@H](CCCN=C(N)N)NC(=O)[C@@H](N)CCCCN)C(=O)N[C@@H](CCCCN)C(=O)N[C@H](C(=O)N[C@@H](C)C(=O)N[C@@H](CCCCN)C(=O)N[C@@H](CC(N)=O)C(=O)N[C@@H](C)C(=O)N[C@@H](CCC(N)=O)C(=O)O)C(C)C. The Morgan fingerprint density at radius 2 is 0.840 bits per heavy atom. The van der Waals surface area contributed by atoms with Crippen LogP contribution in [0.25, 0.3) is 0 Å². The number of hydrogen-bond acceptors (Lipinski definition) is 18. The number of primary amides is 2. The highest BCUT2D eigenvalue weighted by atomic mass is 32.2. The molecule has 462 valence electrons. The lowest BCUT2D eigenvalue weighted by molar-refractivity contribution is -0.142. The smallest absolute Gasteiger partial charge is 0.326 e. The predicted octanol–water partition coefficient (Wildman–Crippen LogP) is -6.21. The third-order valence-corrected chi connectivity index (χ3v) is 13.0. The van der Waals surface area contributed by atoms with E-state index in [1.165, 1.54) is 25.6 Å². The molecular weight excluding hydrogens is 1080 g/mol. The van der Waals surface area contributed by atoms with Crippen molar-refractivity contribution in [3.63, 3.8) is 0 Å². The molecule has 26 N–H and O–H groups in total. The molecular formula is C49H92N18O13S. The van der Waals surface area contributed by atoms with Crippen molar-refractivity contribution in [2.75, 3.05) is 38.2 Å². The quantitative estimate of drug-likeness (QED) is 0.0153. The van der Waals surface area contributed by atoms with Crippen molar-refractivity contribution in [3.05, 3.63) is 0 Å². The van der Waals surface area contributed by atoms with E-state index in [9.17, 15) is 62.6 Å². The molecule has 0 heterocycles. The number of amides is 11. The van der Waals surface area contributed by atoms with Crippen LogP contribution >= 0.6 is 11.8 Å². The van der Waals surface area contributed by atoms with Crippen LogP contribution in [0, 0.1) is 5.92 Å². The third kappa shape index (κ3) is 31.6. The number of carbonyl (C=O) groups is 12. The first kappa shape index (κ1) is 74.1. The highest BCUT2D eigenvalue weighted by Crippen LogP contribution is 2.11. The van der Waals surface area contributed by atoms with Crippen molar-refractivity contribution in [2.45, 2.75) is 184 Å². The van der Waals surface area contributed by atoms with Crippen molar-refractivity contribution in [1.29, 1.82) is 0 Å². The standard InChI is InChI=1S/C49H92N18O13S/c1-26(2)38(67-45(76)31(15-8-11-22-52)63-44(75)33(19-24-81-5)64-42(73)32(16-12-23-58-49(56)57)62-41(72)29(53)13-6-9-20-50)47(78)60-28(4)39(70)61-30(14-7-10-21-51)43(74)66-35(25-37(55)69)46(77)59-27(3)40(71)65-34(48(79)80)17-18-36(54)68/h26-35,38H,6-25,50-53H2,1-5H3,(H2,54,68)(H2,55,69)(H,59,77)(H,60,78)(H,61,70)(H,62,72)(H,63,75)(H,64,73)(H,65,71)(H,66,74)(H,67,76)(H,79,80)(H4,56,57,58)/t27-,28-,29-,30-,31-,32-,33-,34-,35-,38-/m0/s1. The highest BCUT2D eigenvalue weighted by Gasteiger charge is 2.35. The molecule has 0 aliphatic carbocycles. The number of thioether (sulfide) groups is 1. The average molecular weight is 1170 g/mol. The van der Waals surface area contributed by atoms with E-state index >= 15 is 0 Å². The van der Waals surface area contributed by atoms with E-state index < -0.39 is 144 Å². The van der Waals surface area contributed by atoms with E-state index in [2.05, 4.69) is 52.8 Å². The van der Waals surface area contributed by atoms with Gasteiger partial charge in [0.05, 0.1) is 12.5 Å². The molecule has 11 amide bonds. The molecule has 0 aromatic rings. The molecule has 0 saturated heterocycles. The highest BCUT2D eigenvalue weighted by molar-refractivity contribution is 7.98. The second kappa shape index (κ2) is 41.1. The minimum Gasteiger partial charge on any atom is -0.480 e. The Labute approximate surface area is 477 Å². The fourth-order valence-corrected chi connectivity index (χ4v) is 8.09. The molecule has 0 fully saturated rings. The van der Waals surface area contributed by atoms with Gasteiger partial charge in [0.1, 0.15) is 54.4 Å². The average Bonchev–Trinajstić information content (AvgIpc) is 3.41. The molecule has 0 aromatic carbocycles. The maximum atomic E-state index is 14.1. The Morgan fingerprint density at radius 3 is 1.27 bits per heavy atom. The number of unbranched alkanes of at least 4 members (excludes halogenated alkanes) is 3. The molecule has 31 nitrogen and oxygen atoms in total. The van der Waals surface area contributed by atoms with Crippen LogP contribution in [-0.2, 0) is 57.5 Å². The second-order valence-corrected chi connectivity index (χ2v) is 20.7. The maximum absolute atomic E-state index is 14.1. The van der Waals surface area contributed by atoms with Gasteiger partial charge in [-0.2, -0.15) is 11.8 Å². The van der Waals surface area contributed by atoms with Crippen molar-refractivity contribution in [3.8, 4) is 0 Å². The van der Waals surface area contributed by atoms with Gasteiger partial charge >= 0.3 is 5.97 Å². The van der Waals surface area contributed by atoms with Crippen LogP contribution in [0.5, 0.6) is 0 Å². The molecule has 0 aliphatic rings. The van der Waals surface area contributed by atoms with Crippen LogP contribution in [0.1, 0.15) is 124 Å². The summed E-state index contributed by atoms with van der Waals surface area (Å²) in [5, 5.41) is 32.1. The summed E-state index contributed by atoms with van der Waals surface area (Å²) < 4.78 is 0. The van der Waals surface area contributed by atoms with Gasteiger partial charge in [-0.1, -0.05) is 20.3 Å². The monoisotopic (exact) mass is 1170 g/mol. The van der Waals surface area contributed by atoms with Gasteiger partial charge in [0, 0.05) is 13.0 Å². The summed E-state index contributed by atoms with van der Waals surface area (Å²) >= 11 is 1.39. The summed E-state index contributed by atoms with van der Waals surface area (Å²) in [7, 11) is 0. The number of nitrogens with zero attached hydrogens (tertiary/aromatic N) is 1. The molecule has 0 rings (SSSR count). The van der Waals surface area contributed by atoms with Crippen molar-refractivity contribution >= 4 is 88.7 Å².